The zero-order valence-corrected chi connectivity index (χ0v) is 10.5. The quantitative estimate of drug-likeness (QED) is 0.710. The Labute approximate surface area is 103 Å². The van der Waals surface area contributed by atoms with Crippen LogP contribution in [0.15, 0.2) is 54.6 Å². The third-order valence-corrected chi connectivity index (χ3v) is 4.16. The molecular formula is C17H18. The van der Waals surface area contributed by atoms with Crippen molar-refractivity contribution < 1.29 is 0 Å². The molecule has 0 heteroatoms. The summed E-state index contributed by atoms with van der Waals surface area (Å²) in [5.74, 6) is 0.757. The molecule has 0 amide bonds. The molecule has 0 nitrogen and oxygen atoms in total. The Kier molecular flexibility index (Phi) is 2.32. The first-order valence-electron chi connectivity index (χ1n) is 6.36. The summed E-state index contributed by atoms with van der Waals surface area (Å²) in [5, 5.41) is 0. The van der Waals surface area contributed by atoms with Gasteiger partial charge in [-0.15, -0.1) is 0 Å². The molecular weight excluding hydrogens is 204 g/mol. The van der Waals surface area contributed by atoms with E-state index in [2.05, 4.69) is 68.4 Å². The Bertz CT molecular complexity index is 509. The predicted octanol–water partition coefficient (Wildman–Crippen LogP) is 4.32. The highest BCUT2D eigenvalue weighted by Crippen LogP contribution is 2.58. The molecule has 2 unspecified atom stereocenters. The van der Waals surface area contributed by atoms with Crippen LogP contribution in [-0.4, -0.2) is 0 Å². The summed E-state index contributed by atoms with van der Waals surface area (Å²) in [7, 11) is 0. The maximum atomic E-state index is 2.35. The summed E-state index contributed by atoms with van der Waals surface area (Å²) >= 11 is 0. The van der Waals surface area contributed by atoms with Crippen LogP contribution in [0.3, 0.4) is 0 Å². The van der Waals surface area contributed by atoms with Gasteiger partial charge in [-0.2, -0.15) is 0 Å². The predicted molar refractivity (Wildman–Crippen MR) is 72.2 cm³/mol. The van der Waals surface area contributed by atoms with E-state index in [9.17, 15) is 0 Å². The van der Waals surface area contributed by atoms with Crippen LogP contribution in [0.25, 0.3) is 0 Å². The third-order valence-electron chi connectivity index (χ3n) is 4.16. The molecule has 1 fully saturated rings. The average Bonchev–Trinajstić information content (AvgIpc) is 3.04. The molecule has 0 aliphatic heterocycles. The molecule has 1 saturated carbocycles. The van der Waals surface area contributed by atoms with E-state index in [1.54, 1.807) is 0 Å². The molecule has 1 aliphatic carbocycles. The molecule has 0 saturated heterocycles. The van der Waals surface area contributed by atoms with Crippen molar-refractivity contribution in [3.05, 3.63) is 71.3 Å². The SMILES string of the molecule is Cc1ccc(C2(c3ccccc3)CC2C)cc1. The van der Waals surface area contributed by atoms with Gasteiger partial charge in [0, 0.05) is 5.41 Å². The topological polar surface area (TPSA) is 0 Å². The minimum Gasteiger partial charge on any atom is -0.0622 e. The van der Waals surface area contributed by atoms with E-state index in [1.807, 2.05) is 0 Å². The normalized spacial score (nSPS) is 26.8. The van der Waals surface area contributed by atoms with Gasteiger partial charge in [0.15, 0.2) is 0 Å². The van der Waals surface area contributed by atoms with Gasteiger partial charge < -0.3 is 0 Å². The minimum absolute atomic E-state index is 0.287. The molecule has 1 aliphatic rings. The smallest absolute Gasteiger partial charge is 0.0231 e. The van der Waals surface area contributed by atoms with E-state index in [0.29, 0.717) is 0 Å². The highest BCUT2D eigenvalue weighted by Gasteiger charge is 2.53. The van der Waals surface area contributed by atoms with Gasteiger partial charge in [0.25, 0.3) is 0 Å². The number of aryl methyl sites for hydroxylation is 1. The summed E-state index contributed by atoms with van der Waals surface area (Å²) in [5.41, 5.74) is 4.57. The second kappa shape index (κ2) is 3.73. The first kappa shape index (κ1) is 10.6. The van der Waals surface area contributed by atoms with Crippen LogP contribution >= 0.6 is 0 Å². The number of hydrogen-bond acceptors (Lipinski definition) is 0. The lowest BCUT2D eigenvalue weighted by molar-refractivity contribution is 0.749. The zero-order chi connectivity index (χ0) is 11.9. The standard InChI is InChI=1S/C17H18/c1-13-8-10-16(11-9-13)17(12-14(17)2)15-6-4-3-5-7-15/h3-11,14H,12H2,1-2H3. The highest BCUT2D eigenvalue weighted by molar-refractivity contribution is 5.47. The molecule has 0 aromatic heterocycles. The van der Waals surface area contributed by atoms with Crippen molar-refractivity contribution in [3.63, 3.8) is 0 Å². The maximum absolute atomic E-state index is 2.35. The summed E-state index contributed by atoms with van der Waals surface area (Å²) in [6.07, 6.45) is 1.28. The molecule has 0 bridgehead atoms. The van der Waals surface area contributed by atoms with Gasteiger partial charge >= 0.3 is 0 Å². The Morgan fingerprint density at radius 2 is 1.41 bits per heavy atom. The van der Waals surface area contributed by atoms with Gasteiger partial charge in [-0.3, -0.25) is 0 Å². The van der Waals surface area contributed by atoms with E-state index < -0.39 is 0 Å². The van der Waals surface area contributed by atoms with Crippen LogP contribution < -0.4 is 0 Å². The van der Waals surface area contributed by atoms with E-state index in [1.165, 1.54) is 23.1 Å². The van der Waals surface area contributed by atoms with Gasteiger partial charge in [-0.1, -0.05) is 67.1 Å². The Balaban J connectivity index is 2.07. The van der Waals surface area contributed by atoms with Crippen molar-refractivity contribution in [2.45, 2.75) is 25.7 Å². The van der Waals surface area contributed by atoms with Crippen LogP contribution in [0.5, 0.6) is 0 Å². The summed E-state index contributed by atoms with van der Waals surface area (Å²) in [6.45, 7) is 4.50. The van der Waals surface area contributed by atoms with Gasteiger partial charge in [-0.25, -0.2) is 0 Å². The molecule has 0 heterocycles. The molecule has 0 spiro atoms. The molecule has 86 valence electrons. The fourth-order valence-corrected chi connectivity index (χ4v) is 2.98. The molecule has 0 radical (unpaired) electrons. The zero-order valence-electron chi connectivity index (χ0n) is 10.5. The number of rotatable bonds is 2. The van der Waals surface area contributed by atoms with Gasteiger partial charge in [-0.05, 0) is 30.4 Å². The van der Waals surface area contributed by atoms with Crippen molar-refractivity contribution in [2.24, 2.45) is 5.92 Å². The lowest BCUT2D eigenvalue weighted by Crippen LogP contribution is -2.11. The van der Waals surface area contributed by atoms with Gasteiger partial charge in [0.05, 0.1) is 0 Å². The maximum Gasteiger partial charge on any atom is 0.0231 e. The van der Waals surface area contributed by atoms with E-state index in [4.69, 9.17) is 0 Å². The van der Waals surface area contributed by atoms with Crippen molar-refractivity contribution in [1.82, 2.24) is 0 Å². The minimum atomic E-state index is 0.287. The van der Waals surface area contributed by atoms with E-state index in [-0.39, 0.29) is 5.41 Å². The Morgan fingerprint density at radius 3 is 1.94 bits per heavy atom. The Hall–Kier alpha value is -1.56. The summed E-state index contributed by atoms with van der Waals surface area (Å²) in [4.78, 5) is 0. The molecule has 2 atom stereocenters. The average molecular weight is 222 g/mol. The first-order chi connectivity index (χ1) is 8.23. The molecule has 2 aromatic rings. The van der Waals surface area contributed by atoms with Gasteiger partial charge in [0.2, 0.25) is 0 Å². The Morgan fingerprint density at radius 1 is 0.882 bits per heavy atom. The first-order valence-corrected chi connectivity index (χ1v) is 6.36. The van der Waals surface area contributed by atoms with Gasteiger partial charge in [0.1, 0.15) is 0 Å². The monoisotopic (exact) mass is 222 g/mol. The highest BCUT2D eigenvalue weighted by atomic mass is 14.6. The van der Waals surface area contributed by atoms with Crippen molar-refractivity contribution in [2.75, 3.05) is 0 Å². The molecule has 17 heavy (non-hydrogen) atoms. The van der Waals surface area contributed by atoms with Crippen molar-refractivity contribution in [3.8, 4) is 0 Å². The number of benzene rings is 2. The largest absolute Gasteiger partial charge is 0.0622 e. The number of hydrogen-bond donors (Lipinski definition) is 0. The second-order valence-electron chi connectivity index (χ2n) is 5.31. The third kappa shape index (κ3) is 1.59. The summed E-state index contributed by atoms with van der Waals surface area (Å²) < 4.78 is 0. The fraction of sp³-hybridized carbons (Fsp3) is 0.294. The molecule has 2 aromatic carbocycles. The van der Waals surface area contributed by atoms with Crippen LogP contribution in [-0.2, 0) is 5.41 Å². The molecule has 3 rings (SSSR count). The van der Waals surface area contributed by atoms with Crippen LogP contribution in [0.4, 0.5) is 0 Å². The van der Waals surface area contributed by atoms with Crippen LogP contribution in [0.2, 0.25) is 0 Å². The van der Waals surface area contributed by atoms with Crippen LogP contribution in [0.1, 0.15) is 30.0 Å². The van der Waals surface area contributed by atoms with Crippen molar-refractivity contribution >= 4 is 0 Å². The fourth-order valence-electron chi connectivity index (χ4n) is 2.98. The molecule has 0 N–H and O–H groups in total. The van der Waals surface area contributed by atoms with Crippen molar-refractivity contribution in [1.29, 1.82) is 0 Å². The summed E-state index contributed by atoms with van der Waals surface area (Å²) in [6, 6.07) is 20.0. The van der Waals surface area contributed by atoms with Crippen LogP contribution in [0, 0.1) is 12.8 Å². The van der Waals surface area contributed by atoms with E-state index in [0.717, 1.165) is 5.92 Å². The van der Waals surface area contributed by atoms with E-state index >= 15 is 0 Å². The lowest BCUT2D eigenvalue weighted by atomic mass is 9.86. The second-order valence-corrected chi connectivity index (χ2v) is 5.31. The lowest BCUT2D eigenvalue weighted by Gasteiger charge is -2.18.